The molecule has 0 bridgehead atoms. The average molecular weight is 425 g/mol. The first-order chi connectivity index (χ1) is 14.8. The van der Waals surface area contributed by atoms with Crippen molar-refractivity contribution in [2.75, 3.05) is 0 Å². The Morgan fingerprint density at radius 2 is 2.03 bits per heavy atom. The van der Waals surface area contributed by atoms with Crippen LogP contribution < -0.4 is 0 Å². The van der Waals surface area contributed by atoms with Crippen molar-refractivity contribution in [3.05, 3.63) is 41.1 Å². The van der Waals surface area contributed by atoms with Gasteiger partial charge in [-0.1, -0.05) is 40.2 Å². The van der Waals surface area contributed by atoms with Crippen molar-refractivity contribution in [2.24, 2.45) is 10.9 Å². The number of nitrogens with zero attached hydrogens (tertiary/aromatic N) is 4. The van der Waals surface area contributed by atoms with E-state index in [2.05, 4.69) is 42.5 Å². The van der Waals surface area contributed by atoms with Crippen molar-refractivity contribution in [1.82, 2.24) is 14.5 Å². The van der Waals surface area contributed by atoms with E-state index >= 15 is 0 Å². The van der Waals surface area contributed by atoms with Crippen LogP contribution in [0.3, 0.4) is 0 Å². The van der Waals surface area contributed by atoms with Crippen molar-refractivity contribution in [3.63, 3.8) is 0 Å². The predicted molar refractivity (Wildman–Crippen MR) is 124 cm³/mol. The number of imidazole rings is 1. The maximum absolute atomic E-state index is 11.6. The van der Waals surface area contributed by atoms with E-state index in [-0.39, 0.29) is 11.8 Å². The van der Waals surface area contributed by atoms with Crippen LogP contribution in [0, 0.1) is 5.92 Å². The lowest BCUT2D eigenvalue weighted by Gasteiger charge is -2.20. The van der Waals surface area contributed by atoms with Gasteiger partial charge >= 0.3 is 5.97 Å². The van der Waals surface area contributed by atoms with Gasteiger partial charge in [-0.15, -0.1) is 0 Å². The van der Waals surface area contributed by atoms with E-state index in [4.69, 9.17) is 9.98 Å². The van der Waals surface area contributed by atoms with E-state index in [1.54, 1.807) is 0 Å². The Hall–Kier alpha value is -2.50. The Kier molecular flexibility index (Phi) is 7.63. The Morgan fingerprint density at radius 3 is 2.65 bits per heavy atom. The van der Waals surface area contributed by atoms with Crippen LogP contribution in [-0.4, -0.2) is 31.3 Å². The minimum atomic E-state index is -0.745. The van der Waals surface area contributed by atoms with Crippen LogP contribution in [0.5, 0.6) is 0 Å². The van der Waals surface area contributed by atoms with Gasteiger partial charge in [-0.25, -0.2) is 9.98 Å². The number of aliphatic imine (C=N–C) groups is 1. The number of aromatic nitrogens is 3. The van der Waals surface area contributed by atoms with Crippen molar-refractivity contribution in [3.8, 4) is 0 Å². The summed E-state index contributed by atoms with van der Waals surface area (Å²) in [6.45, 7) is 11.4. The topological polar surface area (TPSA) is 80.4 Å². The van der Waals surface area contributed by atoms with Gasteiger partial charge in [0.15, 0.2) is 5.82 Å². The molecule has 3 rings (SSSR count). The molecule has 2 unspecified atom stereocenters. The predicted octanol–water partition coefficient (Wildman–Crippen LogP) is 5.87. The number of fused-ring (bicyclic) bond motifs is 1. The summed E-state index contributed by atoms with van der Waals surface area (Å²) in [5, 5.41) is 9.52. The smallest absolute Gasteiger partial charge is 0.306 e. The van der Waals surface area contributed by atoms with E-state index in [0.717, 1.165) is 66.5 Å². The van der Waals surface area contributed by atoms with Gasteiger partial charge in [-0.2, -0.15) is 0 Å². The highest BCUT2D eigenvalue weighted by Crippen LogP contribution is 2.35. The Morgan fingerprint density at radius 1 is 1.26 bits per heavy atom. The van der Waals surface area contributed by atoms with Crippen LogP contribution in [0.1, 0.15) is 101 Å². The number of carbonyl (C=O) groups is 1. The highest BCUT2D eigenvalue weighted by molar-refractivity contribution is 5.88. The van der Waals surface area contributed by atoms with Gasteiger partial charge in [0.25, 0.3) is 0 Å². The monoisotopic (exact) mass is 424 g/mol. The molecule has 31 heavy (non-hydrogen) atoms. The molecule has 0 aromatic carbocycles. The quantitative estimate of drug-likeness (QED) is 0.510. The molecule has 6 nitrogen and oxygen atoms in total. The molecule has 0 radical (unpaired) electrons. The molecule has 2 aromatic rings. The largest absolute Gasteiger partial charge is 0.481 e. The molecule has 1 aliphatic heterocycles. The average Bonchev–Trinajstić information content (AvgIpc) is 3.10. The van der Waals surface area contributed by atoms with Gasteiger partial charge in [0.1, 0.15) is 5.82 Å². The molecule has 3 heterocycles. The second-order valence-electron chi connectivity index (χ2n) is 9.11. The molecule has 0 amide bonds. The summed E-state index contributed by atoms with van der Waals surface area (Å²) < 4.78 is 2.33. The van der Waals surface area contributed by atoms with Crippen molar-refractivity contribution >= 4 is 17.5 Å². The van der Waals surface area contributed by atoms with Crippen LogP contribution in [0.25, 0.3) is 0 Å². The number of aryl methyl sites for hydroxylation is 1. The molecular formula is C25H36N4O2. The molecule has 0 saturated carbocycles. The molecule has 0 spiro atoms. The summed E-state index contributed by atoms with van der Waals surface area (Å²) in [4.78, 5) is 26.0. The van der Waals surface area contributed by atoms with Crippen LogP contribution in [-0.2, 0) is 17.8 Å². The number of rotatable bonds is 9. The number of aliphatic carboxylic acids is 1. The fourth-order valence-corrected chi connectivity index (χ4v) is 4.42. The van der Waals surface area contributed by atoms with Crippen molar-refractivity contribution in [1.29, 1.82) is 0 Å². The zero-order chi connectivity index (χ0) is 22.5. The lowest BCUT2D eigenvalue weighted by atomic mass is 9.96. The molecule has 0 saturated heterocycles. The van der Waals surface area contributed by atoms with Gasteiger partial charge in [-0.05, 0) is 50.2 Å². The number of pyridine rings is 1. The number of carboxylic acid groups (broad SMARTS) is 1. The number of hydrogen-bond donors (Lipinski definition) is 1. The van der Waals surface area contributed by atoms with Crippen molar-refractivity contribution in [2.45, 2.75) is 91.5 Å². The summed E-state index contributed by atoms with van der Waals surface area (Å²) in [6, 6.07) is 4.28. The standard InChI is InChI=1S/C25H36N4O2/c1-6-9-19(25(30)31)14-17(4)27-24-23(29-13-8-7-10-22(29)28-24)18(5)20-11-12-21(16(2)3)26-15-20/h11-12,15-16,18-19H,6-10,13-14H2,1-5H3,(H,30,31). The molecule has 1 N–H and O–H groups in total. The van der Waals surface area contributed by atoms with Gasteiger partial charge in [0, 0.05) is 36.5 Å². The molecule has 6 heteroatoms. The van der Waals surface area contributed by atoms with E-state index in [0.29, 0.717) is 18.8 Å². The maximum atomic E-state index is 11.6. The maximum Gasteiger partial charge on any atom is 0.306 e. The van der Waals surface area contributed by atoms with E-state index in [1.165, 1.54) is 0 Å². The lowest BCUT2D eigenvalue weighted by molar-refractivity contribution is -0.141. The minimum absolute atomic E-state index is 0.116. The number of hydrogen-bond acceptors (Lipinski definition) is 4. The van der Waals surface area contributed by atoms with Crippen LogP contribution in [0.2, 0.25) is 0 Å². The molecule has 168 valence electrons. The second-order valence-corrected chi connectivity index (χ2v) is 9.11. The molecule has 0 aliphatic carbocycles. The van der Waals surface area contributed by atoms with Gasteiger partial charge in [0.2, 0.25) is 0 Å². The first-order valence-electron chi connectivity index (χ1n) is 11.6. The van der Waals surface area contributed by atoms with E-state index in [1.807, 2.05) is 20.0 Å². The van der Waals surface area contributed by atoms with E-state index < -0.39 is 5.97 Å². The fraction of sp³-hybridized carbons (Fsp3) is 0.600. The molecule has 1 aliphatic rings. The first kappa shape index (κ1) is 23.2. The minimum Gasteiger partial charge on any atom is -0.481 e. The summed E-state index contributed by atoms with van der Waals surface area (Å²) >= 11 is 0. The molecule has 2 aromatic heterocycles. The zero-order valence-corrected chi connectivity index (χ0v) is 19.6. The summed E-state index contributed by atoms with van der Waals surface area (Å²) in [7, 11) is 0. The summed E-state index contributed by atoms with van der Waals surface area (Å²) in [5.41, 5.74) is 4.20. The van der Waals surface area contributed by atoms with Gasteiger partial charge in [0.05, 0.1) is 11.6 Å². The van der Waals surface area contributed by atoms with Crippen LogP contribution in [0.4, 0.5) is 5.82 Å². The SMILES string of the molecule is CCCC(CC(C)=Nc1nc2n(c1C(C)c1ccc(C(C)C)nc1)CCCC2)C(=O)O. The van der Waals surface area contributed by atoms with Crippen molar-refractivity contribution < 1.29 is 9.90 Å². The molecular weight excluding hydrogens is 388 g/mol. The van der Waals surface area contributed by atoms with Gasteiger partial charge in [-0.3, -0.25) is 9.78 Å². The molecule has 2 atom stereocenters. The summed E-state index contributed by atoms with van der Waals surface area (Å²) in [6.07, 6.45) is 7.22. The fourth-order valence-electron chi connectivity index (χ4n) is 4.42. The zero-order valence-electron chi connectivity index (χ0n) is 19.6. The Bertz CT molecular complexity index is 928. The normalized spacial score (nSPS) is 16.3. The molecule has 0 fully saturated rings. The number of carboxylic acids is 1. The Balaban J connectivity index is 1.96. The summed E-state index contributed by atoms with van der Waals surface area (Å²) in [5.74, 6) is 1.22. The second kappa shape index (κ2) is 10.2. The van der Waals surface area contributed by atoms with E-state index in [9.17, 15) is 9.90 Å². The van der Waals surface area contributed by atoms with Crippen LogP contribution >= 0.6 is 0 Å². The third kappa shape index (κ3) is 5.41. The Labute approximate surface area is 185 Å². The third-order valence-electron chi connectivity index (χ3n) is 6.23. The van der Waals surface area contributed by atoms with Gasteiger partial charge < -0.3 is 9.67 Å². The highest BCUT2D eigenvalue weighted by Gasteiger charge is 2.25. The van der Waals surface area contributed by atoms with Crippen LogP contribution in [0.15, 0.2) is 23.3 Å². The third-order valence-corrected chi connectivity index (χ3v) is 6.23. The highest BCUT2D eigenvalue weighted by atomic mass is 16.4. The first-order valence-corrected chi connectivity index (χ1v) is 11.6. The lowest BCUT2D eigenvalue weighted by Crippen LogP contribution is -2.16.